The average molecular weight is 232 g/mol. The highest BCUT2D eigenvalue weighted by Crippen LogP contribution is 2.32. The lowest BCUT2D eigenvalue weighted by Crippen LogP contribution is -2.33. The Kier molecular flexibility index (Phi) is 3.15. The van der Waals surface area contributed by atoms with E-state index in [9.17, 15) is 4.79 Å². The normalized spacial score (nSPS) is 19.8. The molecule has 0 saturated heterocycles. The van der Waals surface area contributed by atoms with Crippen LogP contribution in [-0.2, 0) is 9.53 Å². The second-order valence-corrected chi connectivity index (χ2v) is 3.61. The largest absolute Gasteiger partial charge is 0.478 e. The van der Waals surface area contributed by atoms with Crippen molar-refractivity contribution in [1.82, 2.24) is 5.32 Å². The van der Waals surface area contributed by atoms with Gasteiger partial charge in [0.1, 0.15) is 17.4 Å². The van der Waals surface area contributed by atoms with Crippen LogP contribution in [0.2, 0.25) is 0 Å². The van der Waals surface area contributed by atoms with Gasteiger partial charge in [0.25, 0.3) is 0 Å². The number of allylic oxidation sites excluding steroid dienone is 1. The first-order valence-electron chi connectivity index (χ1n) is 5.36. The van der Waals surface area contributed by atoms with Crippen LogP contribution in [0.4, 0.5) is 0 Å². The molecule has 0 radical (unpaired) electrons. The van der Waals surface area contributed by atoms with Gasteiger partial charge in [0.05, 0.1) is 18.8 Å². The van der Waals surface area contributed by atoms with E-state index in [1.807, 2.05) is 0 Å². The Balaban J connectivity index is 2.40. The van der Waals surface area contributed by atoms with E-state index in [4.69, 9.17) is 14.4 Å². The molecule has 88 valence electrons. The molecule has 1 aliphatic rings. The van der Waals surface area contributed by atoms with Crippen LogP contribution in [0.15, 0.2) is 34.3 Å². The van der Waals surface area contributed by atoms with Gasteiger partial charge in [-0.1, -0.05) is 0 Å². The minimum atomic E-state index is -0.356. The van der Waals surface area contributed by atoms with E-state index in [2.05, 4.69) is 11.4 Å². The molecule has 1 N–H and O–H groups in total. The summed E-state index contributed by atoms with van der Waals surface area (Å²) in [5.41, 5.74) is 0.404. The number of amides is 1. The molecule has 1 amide bonds. The number of furan rings is 1. The van der Waals surface area contributed by atoms with Crippen molar-refractivity contribution < 1.29 is 13.9 Å². The van der Waals surface area contributed by atoms with E-state index in [-0.39, 0.29) is 24.1 Å². The van der Waals surface area contributed by atoms with Crippen molar-refractivity contribution in [3.05, 3.63) is 35.6 Å². The lowest BCUT2D eigenvalue weighted by molar-refractivity contribution is -0.122. The third-order valence-corrected chi connectivity index (χ3v) is 2.53. The first kappa shape index (κ1) is 11.3. The zero-order valence-electron chi connectivity index (χ0n) is 9.40. The molecule has 1 atom stereocenters. The summed E-state index contributed by atoms with van der Waals surface area (Å²) < 4.78 is 10.5. The Hall–Kier alpha value is -2.22. The third-order valence-electron chi connectivity index (χ3n) is 2.53. The average Bonchev–Trinajstić information content (AvgIpc) is 2.82. The van der Waals surface area contributed by atoms with Crippen molar-refractivity contribution in [3.8, 4) is 6.07 Å². The Bertz CT molecular complexity index is 482. The highest BCUT2D eigenvalue weighted by molar-refractivity contribution is 5.81. The second kappa shape index (κ2) is 4.74. The van der Waals surface area contributed by atoms with Gasteiger partial charge in [-0.15, -0.1) is 0 Å². The van der Waals surface area contributed by atoms with Gasteiger partial charge in [-0.2, -0.15) is 5.26 Å². The summed E-state index contributed by atoms with van der Waals surface area (Å²) >= 11 is 0. The predicted octanol–water partition coefficient (Wildman–Crippen LogP) is 1.65. The van der Waals surface area contributed by atoms with Crippen LogP contribution in [-0.4, -0.2) is 12.5 Å². The molecule has 2 rings (SSSR count). The molecule has 0 aliphatic carbocycles. The van der Waals surface area contributed by atoms with Gasteiger partial charge >= 0.3 is 0 Å². The summed E-state index contributed by atoms with van der Waals surface area (Å²) in [4.78, 5) is 11.5. The first-order chi connectivity index (χ1) is 8.26. The van der Waals surface area contributed by atoms with Crippen molar-refractivity contribution in [3.63, 3.8) is 0 Å². The van der Waals surface area contributed by atoms with E-state index < -0.39 is 0 Å². The fourth-order valence-corrected chi connectivity index (χ4v) is 1.81. The van der Waals surface area contributed by atoms with Crippen LogP contribution in [0.1, 0.15) is 25.0 Å². The number of rotatable bonds is 3. The molecule has 0 fully saturated rings. The molecule has 1 unspecified atom stereocenters. The number of ether oxygens (including phenoxy) is 1. The number of nitrogens with zero attached hydrogens (tertiary/aromatic N) is 1. The molecule has 1 aromatic rings. The van der Waals surface area contributed by atoms with Crippen LogP contribution < -0.4 is 5.32 Å². The zero-order chi connectivity index (χ0) is 12.3. The number of hydrogen-bond acceptors (Lipinski definition) is 4. The molecular formula is C12H12N2O3. The first-order valence-corrected chi connectivity index (χ1v) is 5.36. The molecule has 2 heterocycles. The number of carbonyl (C=O) groups is 1. The Labute approximate surface area is 98.7 Å². The van der Waals surface area contributed by atoms with Crippen molar-refractivity contribution in [2.45, 2.75) is 19.3 Å². The number of nitrogens with one attached hydrogen (secondary N) is 1. The molecule has 17 heavy (non-hydrogen) atoms. The predicted molar refractivity (Wildman–Crippen MR) is 58.5 cm³/mol. The van der Waals surface area contributed by atoms with Gasteiger partial charge in [-0.3, -0.25) is 10.1 Å². The molecule has 0 bridgehead atoms. The van der Waals surface area contributed by atoms with E-state index in [1.54, 1.807) is 19.1 Å². The molecule has 1 aliphatic heterocycles. The standard InChI is InChI=1S/C12H12N2O3/c1-2-16-12-9(7-13)8(6-11(15)14-12)10-4-3-5-17-10/h3-5,8H,2,6H2,1H3,(H,14,15). The summed E-state index contributed by atoms with van der Waals surface area (Å²) in [5.74, 6) is 0.320. The summed E-state index contributed by atoms with van der Waals surface area (Å²) in [7, 11) is 0. The van der Waals surface area contributed by atoms with Crippen LogP contribution in [0, 0.1) is 11.3 Å². The summed E-state index contributed by atoms with van der Waals surface area (Å²) in [5, 5.41) is 11.7. The molecule has 5 heteroatoms. The Morgan fingerprint density at radius 2 is 2.53 bits per heavy atom. The summed E-state index contributed by atoms with van der Waals surface area (Å²) in [6.07, 6.45) is 1.73. The number of hydrogen-bond donors (Lipinski definition) is 1. The van der Waals surface area contributed by atoms with Gasteiger partial charge in [0, 0.05) is 6.42 Å². The maximum Gasteiger partial charge on any atom is 0.227 e. The topological polar surface area (TPSA) is 75.3 Å². The second-order valence-electron chi connectivity index (χ2n) is 3.61. The van der Waals surface area contributed by atoms with Crippen LogP contribution in [0.3, 0.4) is 0 Å². The van der Waals surface area contributed by atoms with E-state index in [1.165, 1.54) is 6.26 Å². The highest BCUT2D eigenvalue weighted by atomic mass is 16.5. The van der Waals surface area contributed by atoms with Crippen LogP contribution >= 0.6 is 0 Å². The molecular weight excluding hydrogens is 220 g/mol. The van der Waals surface area contributed by atoms with Crippen LogP contribution in [0.5, 0.6) is 0 Å². The van der Waals surface area contributed by atoms with E-state index in [0.29, 0.717) is 17.9 Å². The summed E-state index contributed by atoms with van der Waals surface area (Å²) in [6, 6.07) is 5.57. The highest BCUT2D eigenvalue weighted by Gasteiger charge is 2.31. The monoisotopic (exact) mass is 232 g/mol. The molecule has 5 nitrogen and oxygen atoms in total. The van der Waals surface area contributed by atoms with Gasteiger partial charge in [0.2, 0.25) is 11.8 Å². The van der Waals surface area contributed by atoms with Crippen molar-refractivity contribution >= 4 is 5.91 Å². The Morgan fingerprint density at radius 3 is 3.12 bits per heavy atom. The molecule has 0 aromatic carbocycles. The van der Waals surface area contributed by atoms with Crippen molar-refractivity contribution in [2.24, 2.45) is 0 Å². The minimum absolute atomic E-state index is 0.172. The third kappa shape index (κ3) is 2.16. The zero-order valence-corrected chi connectivity index (χ0v) is 9.40. The van der Waals surface area contributed by atoms with E-state index in [0.717, 1.165) is 0 Å². The SMILES string of the molecule is CCOC1=C(C#N)C(c2ccco2)CC(=O)N1. The summed E-state index contributed by atoms with van der Waals surface area (Å²) in [6.45, 7) is 2.19. The number of carbonyl (C=O) groups excluding carboxylic acids is 1. The minimum Gasteiger partial charge on any atom is -0.478 e. The molecule has 0 spiro atoms. The molecule has 0 saturated carbocycles. The van der Waals surface area contributed by atoms with E-state index >= 15 is 0 Å². The van der Waals surface area contributed by atoms with Crippen molar-refractivity contribution in [1.29, 1.82) is 5.26 Å². The lowest BCUT2D eigenvalue weighted by Gasteiger charge is -2.23. The van der Waals surface area contributed by atoms with Crippen molar-refractivity contribution in [2.75, 3.05) is 6.61 Å². The maximum absolute atomic E-state index is 11.5. The maximum atomic E-state index is 11.5. The smallest absolute Gasteiger partial charge is 0.227 e. The van der Waals surface area contributed by atoms with Gasteiger partial charge in [-0.25, -0.2) is 0 Å². The van der Waals surface area contributed by atoms with Gasteiger partial charge < -0.3 is 9.15 Å². The quantitative estimate of drug-likeness (QED) is 0.859. The fourth-order valence-electron chi connectivity index (χ4n) is 1.81. The fraction of sp³-hybridized carbons (Fsp3) is 0.333. The van der Waals surface area contributed by atoms with Gasteiger partial charge in [-0.05, 0) is 19.1 Å². The lowest BCUT2D eigenvalue weighted by atomic mass is 9.91. The number of nitriles is 1. The van der Waals surface area contributed by atoms with Gasteiger partial charge in [0.15, 0.2) is 0 Å². The molecule has 1 aromatic heterocycles. The van der Waals surface area contributed by atoms with Crippen LogP contribution in [0.25, 0.3) is 0 Å². The Morgan fingerprint density at radius 1 is 1.71 bits per heavy atom.